The van der Waals surface area contributed by atoms with Crippen molar-refractivity contribution in [2.75, 3.05) is 26.2 Å². The largest absolute Gasteiger partial charge is 0.356 e. The molecule has 27 heavy (non-hydrogen) atoms. The molecule has 2 amide bonds. The lowest BCUT2D eigenvalue weighted by Crippen LogP contribution is -2.37. The van der Waals surface area contributed by atoms with Crippen molar-refractivity contribution in [3.8, 4) is 0 Å². The standard InChI is InChI=1S/C22H27N3O2/c1-23-12-9-20(16-23)22(27)25-11-4-10-24(13-14-25)21(26)19-8-7-17-5-2-3-6-18(17)15-19/h7-9,12,15-16H,2-6,10-11,13-14H2,1H3. The minimum Gasteiger partial charge on any atom is -0.356 e. The molecule has 0 spiro atoms. The van der Waals surface area contributed by atoms with Crippen LogP contribution in [0.15, 0.2) is 36.7 Å². The second-order valence-electron chi connectivity index (χ2n) is 7.69. The molecule has 1 saturated heterocycles. The van der Waals surface area contributed by atoms with Gasteiger partial charge in [-0.1, -0.05) is 6.07 Å². The molecular weight excluding hydrogens is 338 g/mol. The van der Waals surface area contributed by atoms with Crippen LogP contribution in [0, 0.1) is 0 Å². The number of carbonyl (C=O) groups is 2. The summed E-state index contributed by atoms with van der Waals surface area (Å²) in [5.41, 5.74) is 4.24. The van der Waals surface area contributed by atoms with Crippen molar-refractivity contribution in [1.82, 2.24) is 14.4 Å². The smallest absolute Gasteiger partial charge is 0.255 e. The fourth-order valence-corrected chi connectivity index (χ4v) is 4.19. The summed E-state index contributed by atoms with van der Waals surface area (Å²) in [6.45, 7) is 2.58. The molecule has 1 aromatic carbocycles. The zero-order chi connectivity index (χ0) is 18.8. The Morgan fingerprint density at radius 3 is 2.11 bits per heavy atom. The van der Waals surface area contributed by atoms with Gasteiger partial charge in [-0.15, -0.1) is 0 Å². The molecule has 5 heteroatoms. The maximum Gasteiger partial charge on any atom is 0.255 e. The highest BCUT2D eigenvalue weighted by Gasteiger charge is 2.24. The van der Waals surface area contributed by atoms with Crippen LogP contribution in [0.4, 0.5) is 0 Å². The molecule has 1 aliphatic carbocycles. The maximum absolute atomic E-state index is 13.0. The number of aryl methyl sites for hydroxylation is 3. The highest BCUT2D eigenvalue weighted by molar-refractivity contribution is 5.95. The first-order chi connectivity index (χ1) is 13.1. The van der Waals surface area contributed by atoms with Gasteiger partial charge in [-0.25, -0.2) is 0 Å². The van der Waals surface area contributed by atoms with E-state index in [9.17, 15) is 9.59 Å². The van der Waals surface area contributed by atoms with Crippen LogP contribution in [0.5, 0.6) is 0 Å². The molecule has 1 aliphatic heterocycles. The Morgan fingerprint density at radius 1 is 0.778 bits per heavy atom. The Hall–Kier alpha value is -2.56. The summed E-state index contributed by atoms with van der Waals surface area (Å²) in [6, 6.07) is 8.05. The van der Waals surface area contributed by atoms with E-state index in [4.69, 9.17) is 0 Å². The first kappa shape index (κ1) is 17.8. The third kappa shape index (κ3) is 3.77. The number of hydrogen-bond acceptors (Lipinski definition) is 2. The molecule has 0 unspecified atom stereocenters. The van der Waals surface area contributed by atoms with Crippen molar-refractivity contribution in [1.29, 1.82) is 0 Å². The second kappa shape index (κ2) is 7.59. The van der Waals surface area contributed by atoms with Crippen molar-refractivity contribution in [3.63, 3.8) is 0 Å². The van der Waals surface area contributed by atoms with Crippen molar-refractivity contribution in [2.45, 2.75) is 32.1 Å². The van der Waals surface area contributed by atoms with Crippen molar-refractivity contribution >= 4 is 11.8 Å². The molecule has 2 aliphatic rings. The third-order valence-electron chi connectivity index (χ3n) is 5.74. The highest BCUT2D eigenvalue weighted by atomic mass is 16.2. The van der Waals surface area contributed by atoms with E-state index >= 15 is 0 Å². The lowest BCUT2D eigenvalue weighted by Gasteiger charge is -2.23. The molecular formula is C22H27N3O2. The van der Waals surface area contributed by atoms with Crippen LogP contribution in [0.3, 0.4) is 0 Å². The summed E-state index contributed by atoms with van der Waals surface area (Å²) in [5, 5.41) is 0. The van der Waals surface area contributed by atoms with E-state index in [1.807, 2.05) is 45.9 Å². The van der Waals surface area contributed by atoms with E-state index in [-0.39, 0.29) is 11.8 Å². The van der Waals surface area contributed by atoms with Crippen LogP contribution in [0.1, 0.15) is 51.1 Å². The Kier molecular flexibility index (Phi) is 5.01. The molecule has 1 aromatic heterocycles. The van der Waals surface area contributed by atoms with Gasteiger partial charge in [0.15, 0.2) is 0 Å². The van der Waals surface area contributed by atoms with Gasteiger partial charge in [-0.3, -0.25) is 9.59 Å². The number of carbonyl (C=O) groups excluding carboxylic acids is 2. The monoisotopic (exact) mass is 365 g/mol. The van der Waals surface area contributed by atoms with E-state index < -0.39 is 0 Å². The van der Waals surface area contributed by atoms with Crippen LogP contribution in [0.2, 0.25) is 0 Å². The van der Waals surface area contributed by atoms with E-state index in [0.29, 0.717) is 31.7 Å². The zero-order valence-electron chi connectivity index (χ0n) is 16.0. The van der Waals surface area contributed by atoms with Gasteiger partial charge in [-0.2, -0.15) is 0 Å². The van der Waals surface area contributed by atoms with Gasteiger partial charge in [0, 0.05) is 51.2 Å². The molecule has 0 radical (unpaired) electrons. The molecule has 2 heterocycles. The third-order valence-corrected chi connectivity index (χ3v) is 5.74. The summed E-state index contributed by atoms with van der Waals surface area (Å²) in [5.74, 6) is 0.149. The van der Waals surface area contributed by atoms with Crippen LogP contribution >= 0.6 is 0 Å². The SMILES string of the molecule is Cn1ccc(C(=O)N2CCCN(C(=O)c3ccc4c(c3)CCCC4)CC2)c1. The fourth-order valence-electron chi connectivity index (χ4n) is 4.19. The minimum absolute atomic E-state index is 0.0543. The summed E-state index contributed by atoms with van der Waals surface area (Å²) in [6.07, 6.45) is 9.22. The number of nitrogens with zero attached hydrogens (tertiary/aromatic N) is 3. The Balaban J connectivity index is 1.43. The van der Waals surface area contributed by atoms with Gasteiger partial charge in [0.25, 0.3) is 11.8 Å². The van der Waals surface area contributed by atoms with Crippen molar-refractivity contribution in [2.24, 2.45) is 7.05 Å². The number of amides is 2. The highest BCUT2D eigenvalue weighted by Crippen LogP contribution is 2.23. The van der Waals surface area contributed by atoms with Gasteiger partial charge in [0.1, 0.15) is 0 Å². The van der Waals surface area contributed by atoms with Crippen LogP contribution in [-0.2, 0) is 19.9 Å². The molecule has 142 valence electrons. The number of aromatic nitrogens is 1. The first-order valence-corrected chi connectivity index (χ1v) is 9.94. The minimum atomic E-state index is 0.0543. The molecule has 0 saturated carbocycles. The number of benzene rings is 1. The lowest BCUT2D eigenvalue weighted by molar-refractivity contribution is 0.0718. The normalized spacial score (nSPS) is 17.4. The molecule has 5 nitrogen and oxygen atoms in total. The zero-order valence-corrected chi connectivity index (χ0v) is 16.0. The number of hydrogen-bond donors (Lipinski definition) is 0. The van der Waals surface area contributed by atoms with Gasteiger partial charge in [0.05, 0.1) is 5.56 Å². The lowest BCUT2D eigenvalue weighted by atomic mass is 9.90. The van der Waals surface area contributed by atoms with Crippen molar-refractivity contribution in [3.05, 3.63) is 58.9 Å². The molecule has 0 bridgehead atoms. The predicted octanol–water partition coefficient (Wildman–Crippen LogP) is 2.89. The summed E-state index contributed by atoms with van der Waals surface area (Å²) >= 11 is 0. The second-order valence-corrected chi connectivity index (χ2v) is 7.69. The summed E-state index contributed by atoms with van der Waals surface area (Å²) in [7, 11) is 1.91. The molecule has 0 N–H and O–H groups in total. The van der Waals surface area contributed by atoms with Crippen LogP contribution in [-0.4, -0.2) is 52.4 Å². The number of rotatable bonds is 2. The fraction of sp³-hybridized carbons (Fsp3) is 0.455. The molecule has 1 fully saturated rings. The van der Waals surface area contributed by atoms with Gasteiger partial charge < -0.3 is 14.4 Å². The molecule has 0 atom stereocenters. The van der Waals surface area contributed by atoms with Crippen molar-refractivity contribution < 1.29 is 9.59 Å². The Labute approximate surface area is 160 Å². The van der Waals surface area contributed by atoms with E-state index in [1.165, 1.54) is 24.0 Å². The predicted molar refractivity (Wildman–Crippen MR) is 105 cm³/mol. The summed E-state index contributed by atoms with van der Waals surface area (Å²) < 4.78 is 1.89. The molecule has 2 aromatic rings. The molecule has 4 rings (SSSR count). The van der Waals surface area contributed by atoms with E-state index in [2.05, 4.69) is 12.1 Å². The number of fused-ring (bicyclic) bond motifs is 1. The van der Waals surface area contributed by atoms with E-state index in [0.717, 1.165) is 24.8 Å². The Bertz CT molecular complexity index is 855. The van der Waals surface area contributed by atoms with Crippen LogP contribution < -0.4 is 0 Å². The maximum atomic E-state index is 13.0. The first-order valence-electron chi connectivity index (χ1n) is 9.94. The Morgan fingerprint density at radius 2 is 1.44 bits per heavy atom. The average Bonchev–Trinajstić information content (AvgIpc) is 2.98. The summed E-state index contributed by atoms with van der Waals surface area (Å²) in [4.78, 5) is 29.5. The average molecular weight is 365 g/mol. The van der Waals surface area contributed by atoms with Gasteiger partial charge >= 0.3 is 0 Å². The van der Waals surface area contributed by atoms with E-state index in [1.54, 1.807) is 0 Å². The quantitative estimate of drug-likeness (QED) is 0.821. The van der Waals surface area contributed by atoms with Gasteiger partial charge in [0.2, 0.25) is 0 Å². The topological polar surface area (TPSA) is 45.6 Å². The van der Waals surface area contributed by atoms with Crippen LogP contribution in [0.25, 0.3) is 0 Å². The van der Waals surface area contributed by atoms with Gasteiger partial charge in [-0.05, 0) is 61.4 Å².